The Labute approximate surface area is 123 Å². The van der Waals surface area contributed by atoms with Gasteiger partial charge in [0.05, 0.1) is 5.39 Å². The molecule has 1 saturated carbocycles. The highest BCUT2D eigenvalue weighted by atomic mass is 32.1. The largest absolute Gasteiger partial charge is 0.372 e. The lowest BCUT2D eigenvalue weighted by atomic mass is 9.97. The standard InChI is InChI=1S/C16H21N3S/c1-16(2)8-10(16)13-18-14(17-3)12-9-6-4-5-7-11(9)20-15(12)19-13/h10H,4-8H2,1-3H3,(H,17,18,19). The van der Waals surface area contributed by atoms with E-state index in [1.54, 1.807) is 4.88 Å². The summed E-state index contributed by atoms with van der Waals surface area (Å²) in [6, 6.07) is 0. The molecule has 0 aromatic carbocycles. The van der Waals surface area contributed by atoms with Crippen LogP contribution < -0.4 is 5.32 Å². The van der Waals surface area contributed by atoms with Crippen LogP contribution in [0.3, 0.4) is 0 Å². The van der Waals surface area contributed by atoms with E-state index >= 15 is 0 Å². The molecule has 3 nitrogen and oxygen atoms in total. The Morgan fingerprint density at radius 1 is 1.20 bits per heavy atom. The molecular formula is C16H21N3S. The van der Waals surface area contributed by atoms with Crippen LogP contribution in [0.2, 0.25) is 0 Å². The molecule has 4 heteroatoms. The van der Waals surface area contributed by atoms with E-state index in [4.69, 9.17) is 9.97 Å². The molecule has 0 saturated heterocycles. The smallest absolute Gasteiger partial charge is 0.138 e. The highest BCUT2D eigenvalue weighted by molar-refractivity contribution is 7.19. The number of hydrogen-bond donors (Lipinski definition) is 1. The molecule has 0 radical (unpaired) electrons. The number of thiophene rings is 1. The molecule has 0 aliphatic heterocycles. The highest BCUT2D eigenvalue weighted by Crippen LogP contribution is 2.58. The van der Waals surface area contributed by atoms with Crippen LogP contribution in [0.5, 0.6) is 0 Å². The molecule has 1 unspecified atom stereocenters. The molecule has 0 bridgehead atoms. The van der Waals surface area contributed by atoms with Crippen LogP contribution >= 0.6 is 11.3 Å². The van der Waals surface area contributed by atoms with Crippen LogP contribution in [0, 0.1) is 5.41 Å². The van der Waals surface area contributed by atoms with Crippen molar-refractivity contribution in [2.75, 3.05) is 12.4 Å². The van der Waals surface area contributed by atoms with Crippen molar-refractivity contribution in [1.82, 2.24) is 9.97 Å². The van der Waals surface area contributed by atoms with Crippen molar-refractivity contribution in [3.63, 3.8) is 0 Å². The van der Waals surface area contributed by atoms with Gasteiger partial charge in [0.2, 0.25) is 0 Å². The fourth-order valence-electron chi connectivity index (χ4n) is 3.42. The molecule has 1 atom stereocenters. The van der Waals surface area contributed by atoms with Crippen molar-refractivity contribution in [2.45, 2.75) is 51.9 Å². The van der Waals surface area contributed by atoms with Crippen molar-refractivity contribution in [1.29, 1.82) is 0 Å². The van der Waals surface area contributed by atoms with Gasteiger partial charge in [0.1, 0.15) is 16.5 Å². The minimum atomic E-state index is 0.384. The van der Waals surface area contributed by atoms with E-state index in [-0.39, 0.29) is 0 Å². The number of fused-ring (bicyclic) bond motifs is 3. The van der Waals surface area contributed by atoms with E-state index in [9.17, 15) is 0 Å². The quantitative estimate of drug-likeness (QED) is 0.902. The van der Waals surface area contributed by atoms with Crippen molar-refractivity contribution in [2.24, 2.45) is 5.41 Å². The Morgan fingerprint density at radius 2 is 1.95 bits per heavy atom. The third kappa shape index (κ3) is 1.77. The molecule has 106 valence electrons. The first-order valence-electron chi connectivity index (χ1n) is 7.60. The minimum Gasteiger partial charge on any atom is -0.372 e. The summed E-state index contributed by atoms with van der Waals surface area (Å²) >= 11 is 1.90. The Balaban J connectivity index is 1.90. The summed E-state index contributed by atoms with van der Waals surface area (Å²) in [5, 5.41) is 4.61. The Bertz CT molecular complexity index is 687. The van der Waals surface area contributed by atoms with Crippen LogP contribution in [0.4, 0.5) is 5.82 Å². The number of anilines is 1. The molecular weight excluding hydrogens is 266 g/mol. The zero-order chi connectivity index (χ0) is 13.9. The third-order valence-electron chi connectivity index (χ3n) is 4.89. The molecule has 1 fully saturated rings. The zero-order valence-corrected chi connectivity index (χ0v) is 13.2. The Morgan fingerprint density at radius 3 is 2.65 bits per heavy atom. The molecule has 4 rings (SSSR count). The Hall–Kier alpha value is -1.16. The van der Waals surface area contributed by atoms with Gasteiger partial charge in [0.25, 0.3) is 0 Å². The summed E-state index contributed by atoms with van der Waals surface area (Å²) in [6.45, 7) is 4.62. The van der Waals surface area contributed by atoms with Gasteiger partial charge in [0, 0.05) is 17.8 Å². The van der Waals surface area contributed by atoms with E-state index in [0.717, 1.165) is 11.6 Å². The molecule has 2 aromatic heterocycles. The lowest BCUT2D eigenvalue weighted by Crippen LogP contribution is -2.04. The summed E-state index contributed by atoms with van der Waals surface area (Å²) in [4.78, 5) is 12.5. The fourth-order valence-corrected chi connectivity index (χ4v) is 4.69. The van der Waals surface area contributed by atoms with Crippen LogP contribution in [-0.4, -0.2) is 17.0 Å². The fraction of sp³-hybridized carbons (Fsp3) is 0.625. The molecule has 0 spiro atoms. The van der Waals surface area contributed by atoms with Gasteiger partial charge < -0.3 is 5.32 Å². The van der Waals surface area contributed by atoms with Gasteiger partial charge in [-0.05, 0) is 43.1 Å². The zero-order valence-electron chi connectivity index (χ0n) is 12.4. The second-order valence-electron chi connectivity index (χ2n) is 6.82. The Kier molecular flexibility index (Phi) is 2.62. The number of aromatic nitrogens is 2. The molecule has 20 heavy (non-hydrogen) atoms. The number of nitrogens with one attached hydrogen (secondary N) is 1. The molecule has 2 aliphatic carbocycles. The average Bonchev–Trinajstić information content (AvgIpc) is 2.93. The van der Waals surface area contributed by atoms with E-state index < -0.39 is 0 Å². The summed E-state index contributed by atoms with van der Waals surface area (Å²) in [7, 11) is 1.98. The second kappa shape index (κ2) is 4.17. The summed E-state index contributed by atoms with van der Waals surface area (Å²) < 4.78 is 0. The van der Waals surface area contributed by atoms with Gasteiger partial charge in [-0.1, -0.05) is 13.8 Å². The van der Waals surface area contributed by atoms with Crippen molar-refractivity contribution in [3.8, 4) is 0 Å². The monoisotopic (exact) mass is 287 g/mol. The average molecular weight is 287 g/mol. The first-order valence-corrected chi connectivity index (χ1v) is 8.42. The highest BCUT2D eigenvalue weighted by Gasteiger charge is 2.48. The first kappa shape index (κ1) is 12.6. The number of rotatable bonds is 2. The van der Waals surface area contributed by atoms with E-state index in [1.165, 1.54) is 47.9 Å². The lowest BCUT2D eigenvalue weighted by molar-refractivity contribution is 0.610. The molecule has 2 aliphatic rings. The van der Waals surface area contributed by atoms with Gasteiger partial charge in [0.15, 0.2) is 0 Å². The maximum atomic E-state index is 4.91. The van der Waals surface area contributed by atoms with Gasteiger partial charge in [-0.15, -0.1) is 11.3 Å². The van der Waals surface area contributed by atoms with Crippen LogP contribution in [0.15, 0.2) is 0 Å². The van der Waals surface area contributed by atoms with Crippen LogP contribution in [-0.2, 0) is 12.8 Å². The molecule has 2 aromatic rings. The molecule has 1 N–H and O–H groups in total. The minimum absolute atomic E-state index is 0.384. The molecule has 0 amide bonds. The van der Waals surface area contributed by atoms with Gasteiger partial charge in [-0.3, -0.25) is 0 Å². The van der Waals surface area contributed by atoms with Gasteiger partial charge in [-0.2, -0.15) is 0 Å². The summed E-state index contributed by atoms with van der Waals surface area (Å²) in [5.74, 6) is 2.63. The van der Waals surface area contributed by atoms with E-state index in [1.807, 2.05) is 18.4 Å². The second-order valence-corrected chi connectivity index (χ2v) is 7.90. The summed E-state index contributed by atoms with van der Waals surface area (Å²) in [5.41, 5.74) is 1.90. The van der Waals surface area contributed by atoms with E-state index in [2.05, 4.69) is 19.2 Å². The third-order valence-corrected chi connectivity index (χ3v) is 6.08. The van der Waals surface area contributed by atoms with Gasteiger partial charge in [-0.25, -0.2) is 9.97 Å². The van der Waals surface area contributed by atoms with E-state index in [0.29, 0.717) is 11.3 Å². The predicted octanol–water partition coefficient (Wildman–Crippen LogP) is 4.13. The van der Waals surface area contributed by atoms with Gasteiger partial charge >= 0.3 is 0 Å². The lowest BCUT2D eigenvalue weighted by Gasteiger charge is -2.12. The number of aryl methyl sites for hydroxylation is 2. The number of nitrogens with zero attached hydrogens (tertiary/aromatic N) is 2. The van der Waals surface area contributed by atoms with Crippen molar-refractivity contribution < 1.29 is 0 Å². The SMILES string of the molecule is CNc1nc(C2CC2(C)C)nc2sc3c(c12)CCCC3. The topological polar surface area (TPSA) is 37.8 Å². The van der Waals surface area contributed by atoms with Crippen molar-refractivity contribution >= 4 is 27.4 Å². The normalized spacial score (nSPS) is 23.6. The predicted molar refractivity (Wildman–Crippen MR) is 84.7 cm³/mol. The first-order chi connectivity index (χ1) is 9.60. The van der Waals surface area contributed by atoms with Crippen LogP contribution in [0.25, 0.3) is 10.2 Å². The molecule has 2 heterocycles. The summed E-state index contributed by atoms with van der Waals surface area (Å²) in [6.07, 6.45) is 6.27. The van der Waals surface area contributed by atoms with Crippen molar-refractivity contribution in [3.05, 3.63) is 16.3 Å². The maximum Gasteiger partial charge on any atom is 0.138 e. The maximum absolute atomic E-state index is 4.91. The van der Waals surface area contributed by atoms with Crippen LogP contribution in [0.1, 0.15) is 55.3 Å². The number of hydrogen-bond acceptors (Lipinski definition) is 4.